The van der Waals surface area contributed by atoms with Gasteiger partial charge in [0.05, 0.1) is 23.5 Å². The smallest absolute Gasteiger partial charge is 0.243 e. The van der Waals surface area contributed by atoms with Gasteiger partial charge in [-0.3, -0.25) is 4.79 Å². The Morgan fingerprint density at radius 2 is 2.35 bits per heavy atom. The molecule has 5 heteroatoms. The number of nitriles is 1. The molecular formula is C15H16N4O. The summed E-state index contributed by atoms with van der Waals surface area (Å²) in [6.07, 6.45) is 1.81. The molecule has 0 radical (unpaired) electrons. The molecule has 0 spiro atoms. The first-order valence-corrected chi connectivity index (χ1v) is 6.40. The van der Waals surface area contributed by atoms with E-state index in [1.807, 2.05) is 28.8 Å². The van der Waals surface area contributed by atoms with Gasteiger partial charge in [0, 0.05) is 6.54 Å². The van der Waals surface area contributed by atoms with E-state index in [9.17, 15) is 4.79 Å². The number of carbonyl (C=O) groups is 1. The fourth-order valence-electron chi connectivity index (χ4n) is 2.16. The van der Waals surface area contributed by atoms with Gasteiger partial charge in [-0.15, -0.1) is 6.58 Å². The summed E-state index contributed by atoms with van der Waals surface area (Å²) in [5.41, 5.74) is 1.65. The minimum atomic E-state index is -0.425. The number of aromatic nitrogens is 2. The number of fused-ring (bicyclic) bond motifs is 1. The maximum Gasteiger partial charge on any atom is 0.243 e. The number of benzene rings is 1. The second kappa shape index (κ2) is 6.02. The summed E-state index contributed by atoms with van der Waals surface area (Å²) in [6, 6.07) is 9.23. The quantitative estimate of drug-likeness (QED) is 0.843. The molecule has 2 aromatic rings. The van der Waals surface area contributed by atoms with E-state index in [-0.39, 0.29) is 12.3 Å². The lowest BCUT2D eigenvalue weighted by atomic mass is 10.2. The summed E-state index contributed by atoms with van der Waals surface area (Å²) in [7, 11) is 0. The Morgan fingerprint density at radius 3 is 3.05 bits per heavy atom. The molecule has 102 valence electrons. The van der Waals surface area contributed by atoms with Gasteiger partial charge in [-0.2, -0.15) is 5.26 Å². The molecule has 2 rings (SSSR count). The zero-order chi connectivity index (χ0) is 14.5. The first-order valence-electron chi connectivity index (χ1n) is 6.40. The van der Waals surface area contributed by atoms with E-state index in [0.29, 0.717) is 12.4 Å². The lowest BCUT2D eigenvalue weighted by molar-refractivity contribution is -0.123. The van der Waals surface area contributed by atoms with Crippen molar-refractivity contribution in [3.8, 4) is 6.07 Å². The van der Waals surface area contributed by atoms with Crippen LogP contribution in [0.2, 0.25) is 0 Å². The van der Waals surface area contributed by atoms with E-state index >= 15 is 0 Å². The lowest BCUT2D eigenvalue weighted by Crippen LogP contribution is -2.31. The number of imidazole rings is 1. The molecule has 0 saturated heterocycles. The van der Waals surface area contributed by atoms with Gasteiger partial charge >= 0.3 is 0 Å². The van der Waals surface area contributed by atoms with Crippen LogP contribution in [0.4, 0.5) is 0 Å². The lowest BCUT2D eigenvalue weighted by Gasteiger charge is -2.16. The van der Waals surface area contributed by atoms with Crippen molar-refractivity contribution in [2.75, 3.05) is 6.54 Å². The van der Waals surface area contributed by atoms with Gasteiger partial charge < -0.3 is 9.88 Å². The maximum absolute atomic E-state index is 12.1. The molecule has 0 aliphatic carbocycles. The van der Waals surface area contributed by atoms with E-state index in [1.165, 1.54) is 0 Å². The Labute approximate surface area is 117 Å². The topological polar surface area (TPSA) is 70.7 Å². The Hall–Kier alpha value is -2.61. The highest BCUT2D eigenvalue weighted by molar-refractivity contribution is 5.84. The fraction of sp³-hybridized carbons (Fsp3) is 0.267. The second-order valence-electron chi connectivity index (χ2n) is 4.43. The number of para-hydroxylation sites is 2. The highest BCUT2D eigenvalue weighted by atomic mass is 16.2. The van der Waals surface area contributed by atoms with Crippen molar-refractivity contribution in [1.29, 1.82) is 5.26 Å². The summed E-state index contributed by atoms with van der Waals surface area (Å²) in [4.78, 5) is 16.5. The van der Waals surface area contributed by atoms with Crippen LogP contribution < -0.4 is 5.32 Å². The van der Waals surface area contributed by atoms with Crippen molar-refractivity contribution >= 4 is 16.9 Å². The molecule has 20 heavy (non-hydrogen) atoms. The van der Waals surface area contributed by atoms with E-state index in [2.05, 4.69) is 22.9 Å². The maximum atomic E-state index is 12.1. The van der Waals surface area contributed by atoms with Crippen LogP contribution in [0.15, 0.2) is 36.9 Å². The van der Waals surface area contributed by atoms with Crippen LogP contribution in [-0.2, 0) is 11.2 Å². The summed E-state index contributed by atoms with van der Waals surface area (Å²) >= 11 is 0. The molecule has 1 atom stereocenters. The van der Waals surface area contributed by atoms with E-state index < -0.39 is 6.04 Å². The summed E-state index contributed by atoms with van der Waals surface area (Å²) < 4.78 is 1.82. The van der Waals surface area contributed by atoms with Crippen LogP contribution in [-0.4, -0.2) is 22.0 Å². The normalized spacial score (nSPS) is 11.8. The third-order valence-corrected chi connectivity index (χ3v) is 3.09. The molecular weight excluding hydrogens is 252 g/mol. The molecule has 1 aromatic carbocycles. The van der Waals surface area contributed by atoms with Crippen LogP contribution in [0.5, 0.6) is 0 Å². The monoisotopic (exact) mass is 268 g/mol. The number of nitrogens with one attached hydrogen (secondary N) is 1. The number of carbonyl (C=O) groups excluding carboxylic acids is 1. The average Bonchev–Trinajstić information content (AvgIpc) is 2.82. The average molecular weight is 268 g/mol. The number of rotatable bonds is 5. The largest absolute Gasteiger partial charge is 0.351 e. The van der Waals surface area contributed by atoms with Crippen LogP contribution in [0.1, 0.15) is 18.8 Å². The van der Waals surface area contributed by atoms with Crippen LogP contribution in [0.25, 0.3) is 11.0 Å². The summed E-state index contributed by atoms with van der Waals surface area (Å²) in [6.45, 7) is 5.79. The van der Waals surface area contributed by atoms with Crippen molar-refractivity contribution in [1.82, 2.24) is 14.9 Å². The first-order chi connectivity index (χ1) is 9.69. The Balaban J connectivity index is 2.45. The summed E-state index contributed by atoms with van der Waals surface area (Å²) in [5, 5.41) is 11.7. The highest BCUT2D eigenvalue weighted by Gasteiger charge is 2.20. The van der Waals surface area contributed by atoms with Crippen molar-refractivity contribution < 1.29 is 4.79 Å². The third-order valence-electron chi connectivity index (χ3n) is 3.09. The van der Waals surface area contributed by atoms with Crippen molar-refractivity contribution in [3.05, 3.63) is 42.7 Å². The molecule has 0 saturated carbocycles. The van der Waals surface area contributed by atoms with Gasteiger partial charge in [0.25, 0.3) is 0 Å². The molecule has 1 aromatic heterocycles. The summed E-state index contributed by atoms with van der Waals surface area (Å²) in [5.74, 6) is 0.488. The Kier molecular flexibility index (Phi) is 4.16. The van der Waals surface area contributed by atoms with Crippen LogP contribution >= 0.6 is 0 Å². The van der Waals surface area contributed by atoms with Crippen molar-refractivity contribution in [3.63, 3.8) is 0 Å². The van der Waals surface area contributed by atoms with E-state index in [0.717, 1.165) is 11.0 Å². The SMILES string of the molecule is C=CCNC(=O)C(C)n1c(CC#N)nc2ccccc21. The molecule has 1 heterocycles. The molecule has 0 aliphatic rings. The Bertz CT molecular complexity index is 681. The van der Waals surface area contributed by atoms with Gasteiger partial charge in [0.1, 0.15) is 11.9 Å². The second-order valence-corrected chi connectivity index (χ2v) is 4.43. The van der Waals surface area contributed by atoms with Crippen LogP contribution in [0.3, 0.4) is 0 Å². The van der Waals surface area contributed by atoms with E-state index in [1.54, 1.807) is 13.0 Å². The molecule has 1 unspecified atom stereocenters. The number of nitrogens with zero attached hydrogens (tertiary/aromatic N) is 3. The van der Waals surface area contributed by atoms with E-state index in [4.69, 9.17) is 5.26 Å². The van der Waals surface area contributed by atoms with Crippen molar-refractivity contribution in [2.45, 2.75) is 19.4 Å². The number of amides is 1. The molecule has 1 N–H and O–H groups in total. The van der Waals surface area contributed by atoms with Gasteiger partial charge in [0.15, 0.2) is 0 Å². The third kappa shape index (κ3) is 2.54. The number of hydrogen-bond acceptors (Lipinski definition) is 3. The minimum absolute atomic E-state index is 0.118. The highest BCUT2D eigenvalue weighted by Crippen LogP contribution is 2.21. The zero-order valence-electron chi connectivity index (χ0n) is 11.3. The number of hydrogen-bond donors (Lipinski definition) is 1. The van der Waals surface area contributed by atoms with Gasteiger partial charge in [-0.25, -0.2) is 4.98 Å². The zero-order valence-corrected chi connectivity index (χ0v) is 11.3. The van der Waals surface area contributed by atoms with Crippen molar-refractivity contribution in [2.24, 2.45) is 0 Å². The molecule has 1 amide bonds. The predicted octanol–water partition coefficient (Wildman–Crippen LogP) is 1.97. The van der Waals surface area contributed by atoms with Gasteiger partial charge in [-0.1, -0.05) is 18.2 Å². The standard InChI is InChI=1S/C15H16N4O/c1-3-10-17-15(20)11(2)19-13-7-5-4-6-12(13)18-14(19)8-9-16/h3-7,11H,1,8,10H2,2H3,(H,17,20). The van der Waals surface area contributed by atoms with Crippen LogP contribution in [0, 0.1) is 11.3 Å². The van der Waals surface area contributed by atoms with Gasteiger partial charge in [-0.05, 0) is 19.1 Å². The minimum Gasteiger partial charge on any atom is -0.351 e. The predicted molar refractivity (Wildman–Crippen MR) is 77.0 cm³/mol. The Morgan fingerprint density at radius 1 is 1.60 bits per heavy atom. The molecule has 0 bridgehead atoms. The molecule has 5 nitrogen and oxygen atoms in total. The molecule has 0 aliphatic heterocycles. The molecule has 0 fully saturated rings. The van der Waals surface area contributed by atoms with Gasteiger partial charge in [0.2, 0.25) is 5.91 Å². The fourth-order valence-corrected chi connectivity index (χ4v) is 2.16. The first kappa shape index (κ1) is 13.8.